The number of aromatic nitrogens is 2. The van der Waals surface area contributed by atoms with Crippen LogP contribution in [0.4, 0.5) is 4.39 Å². The van der Waals surface area contributed by atoms with Crippen LogP contribution in [0.5, 0.6) is 0 Å². The average molecular weight is 398 g/mol. The second-order valence-corrected chi connectivity index (χ2v) is 8.06. The molecule has 7 heteroatoms. The van der Waals surface area contributed by atoms with Crippen molar-refractivity contribution >= 4 is 11.8 Å². The first-order valence-electron chi connectivity index (χ1n) is 10.4. The fourth-order valence-corrected chi connectivity index (χ4v) is 4.67. The molecule has 2 fully saturated rings. The first-order chi connectivity index (χ1) is 14.0. The van der Waals surface area contributed by atoms with Gasteiger partial charge in [-0.15, -0.1) is 0 Å². The molecule has 1 N–H and O–H groups in total. The summed E-state index contributed by atoms with van der Waals surface area (Å²) in [7, 11) is 0. The van der Waals surface area contributed by atoms with Crippen LogP contribution in [0.3, 0.4) is 0 Å². The molecule has 2 amide bonds. The van der Waals surface area contributed by atoms with Crippen LogP contribution in [0, 0.1) is 12.7 Å². The molecule has 6 nitrogen and oxygen atoms in total. The Morgan fingerprint density at radius 2 is 2.17 bits per heavy atom. The van der Waals surface area contributed by atoms with Crippen molar-refractivity contribution in [3.8, 4) is 0 Å². The van der Waals surface area contributed by atoms with Crippen molar-refractivity contribution in [3.63, 3.8) is 0 Å². The lowest BCUT2D eigenvalue weighted by molar-refractivity contribution is -0.133. The molecular formula is C22H27FN4O2. The van der Waals surface area contributed by atoms with Crippen molar-refractivity contribution in [2.24, 2.45) is 0 Å². The molecule has 2 aliphatic rings. The van der Waals surface area contributed by atoms with Crippen LogP contribution < -0.4 is 5.32 Å². The maximum Gasteiger partial charge on any atom is 0.224 e. The van der Waals surface area contributed by atoms with Gasteiger partial charge in [0.15, 0.2) is 0 Å². The first kappa shape index (κ1) is 19.6. The number of carbonyl (C=O) groups excluding carboxylic acids is 2. The molecule has 29 heavy (non-hydrogen) atoms. The third-order valence-electron chi connectivity index (χ3n) is 6.19. The number of rotatable bonds is 4. The number of hydrogen-bond acceptors (Lipinski definition) is 3. The Balaban J connectivity index is 1.56. The summed E-state index contributed by atoms with van der Waals surface area (Å²) >= 11 is 0. The molecule has 2 saturated heterocycles. The van der Waals surface area contributed by atoms with Crippen molar-refractivity contribution < 1.29 is 14.0 Å². The minimum absolute atomic E-state index is 0.0163. The van der Waals surface area contributed by atoms with Crippen molar-refractivity contribution in [2.75, 3.05) is 6.54 Å². The Hall–Kier alpha value is -2.70. The number of nitrogens with zero attached hydrogens (tertiary/aromatic N) is 3. The number of hydrogen-bond donors (Lipinski definition) is 1. The molecule has 0 bridgehead atoms. The van der Waals surface area contributed by atoms with E-state index in [0.717, 1.165) is 30.5 Å². The number of benzene rings is 1. The Bertz CT molecular complexity index is 896. The molecule has 2 aromatic rings. The normalized spacial score (nSPS) is 24.6. The van der Waals surface area contributed by atoms with E-state index in [4.69, 9.17) is 0 Å². The molecular weight excluding hydrogens is 371 g/mol. The number of amides is 2. The van der Waals surface area contributed by atoms with E-state index < -0.39 is 0 Å². The maximum absolute atomic E-state index is 13.9. The zero-order chi connectivity index (χ0) is 20.4. The summed E-state index contributed by atoms with van der Waals surface area (Å²) in [5, 5.41) is 7.39. The van der Waals surface area contributed by atoms with Gasteiger partial charge in [0.05, 0.1) is 12.1 Å². The quantitative estimate of drug-likeness (QED) is 0.861. The van der Waals surface area contributed by atoms with Gasteiger partial charge in [-0.2, -0.15) is 5.10 Å². The second kappa shape index (κ2) is 8.35. The Morgan fingerprint density at radius 3 is 2.93 bits per heavy atom. The van der Waals surface area contributed by atoms with Gasteiger partial charge >= 0.3 is 0 Å². The van der Waals surface area contributed by atoms with Crippen molar-refractivity contribution in [2.45, 2.75) is 63.6 Å². The van der Waals surface area contributed by atoms with Gasteiger partial charge in [0.25, 0.3) is 0 Å². The van der Waals surface area contributed by atoms with Crippen LogP contribution in [0.1, 0.15) is 49.3 Å². The zero-order valence-corrected chi connectivity index (χ0v) is 16.7. The zero-order valence-electron chi connectivity index (χ0n) is 16.7. The molecule has 1 aromatic heterocycles. The fourth-order valence-electron chi connectivity index (χ4n) is 4.67. The lowest BCUT2D eigenvalue weighted by Gasteiger charge is -2.31. The van der Waals surface area contributed by atoms with Crippen molar-refractivity contribution in [1.82, 2.24) is 20.0 Å². The van der Waals surface area contributed by atoms with Crippen LogP contribution in [0.15, 0.2) is 36.5 Å². The van der Waals surface area contributed by atoms with E-state index in [1.165, 1.54) is 12.1 Å². The minimum Gasteiger partial charge on any atom is -0.351 e. The van der Waals surface area contributed by atoms with Crippen molar-refractivity contribution in [3.05, 3.63) is 53.6 Å². The van der Waals surface area contributed by atoms with Gasteiger partial charge in [-0.1, -0.05) is 18.6 Å². The van der Waals surface area contributed by atoms with E-state index in [1.807, 2.05) is 28.6 Å². The van der Waals surface area contributed by atoms with Crippen LogP contribution in [0.2, 0.25) is 0 Å². The van der Waals surface area contributed by atoms with Gasteiger partial charge in [-0.25, -0.2) is 4.39 Å². The van der Waals surface area contributed by atoms with Gasteiger partial charge < -0.3 is 10.2 Å². The Morgan fingerprint density at radius 1 is 1.31 bits per heavy atom. The fraction of sp³-hybridized carbons (Fsp3) is 0.500. The molecule has 0 unspecified atom stereocenters. The highest BCUT2D eigenvalue weighted by Gasteiger charge is 2.45. The van der Waals surface area contributed by atoms with E-state index in [9.17, 15) is 14.0 Å². The van der Waals surface area contributed by atoms with E-state index >= 15 is 0 Å². The summed E-state index contributed by atoms with van der Waals surface area (Å²) in [4.78, 5) is 27.4. The number of nitrogens with one attached hydrogen (secondary N) is 1. The molecule has 1 aromatic carbocycles. The minimum atomic E-state index is -0.296. The van der Waals surface area contributed by atoms with Crippen LogP contribution >= 0.6 is 0 Å². The summed E-state index contributed by atoms with van der Waals surface area (Å²) in [6.45, 7) is 2.99. The second-order valence-electron chi connectivity index (χ2n) is 8.06. The lowest BCUT2D eigenvalue weighted by atomic mass is 9.88. The van der Waals surface area contributed by atoms with Gasteiger partial charge in [0.2, 0.25) is 11.8 Å². The van der Waals surface area contributed by atoms with Gasteiger partial charge in [-0.05, 0) is 43.5 Å². The standard InChI is InChI=1S/C22H27FN4O2/c1-15-9-11-24-27(15)12-10-21(29)26-14-18(16-5-4-6-17(23)13-16)22-19(26)7-2-3-8-20(28)25-22/h4-6,9,11,13,18-19,22H,2-3,7-8,10,12,14H2,1H3,(H,25,28)/t18-,19+,22-/m0/s1. The van der Waals surface area contributed by atoms with Crippen LogP contribution in [-0.2, 0) is 16.1 Å². The summed E-state index contributed by atoms with van der Waals surface area (Å²) in [5.74, 6) is -0.325. The molecule has 2 aliphatic heterocycles. The highest BCUT2D eigenvalue weighted by molar-refractivity contribution is 5.79. The predicted octanol–water partition coefficient (Wildman–Crippen LogP) is 2.77. The Labute approximate surface area is 170 Å². The summed E-state index contributed by atoms with van der Waals surface area (Å²) in [5.41, 5.74) is 1.85. The highest BCUT2D eigenvalue weighted by Crippen LogP contribution is 2.36. The SMILES string of the molecule is Cc1ccnn1CCC(=O)N1C[C@@H](c2cccc(F)c2)[C@@H]2NC(=O)CCCC[C@H]21. The van der Waals surface area contributed by atoms with E-state index in [-0.39, 0.29) is 35.6 Å². The average Bonchev–Trinajstić information content (AvgIpc) is 3.25. The van der Waals surface area contributed by atoms with E-state index in [0.29, 0.717) is 25.9 Å². The largest absolute Gasteiger partial charge is 0.351 e. The molecule has 0 spiro atoms. The third-order valence-corrected chi connectivity index (χ3v) is 6.19. The topological polar surface area (TPSA) is 67.2 Å². The molecule has 0 aliphatic carbocycles. The summed E-state index contributed by atoms with van der Waals surface area (Å²) < 4.78 is 15.7. The van der Waals surface area contributed by atoms with E-state index in [2.05, 4.69) is 10.4 Å². The van der Waals surface area contributed by atoms with Gasteiger partial charge in [0.1, 0.15) is 5.82 Å². The number of likely N-dealkylation sites (tertiary alicyclic amines) is 1. The Kier molecular flexibility index (Phi) is 5.65. The van der Waals surface area contributed by atoms with Gasteiger partial charge in [-0.3, -0.25) is 14.3 Å². The number of aryl methyl sites for hydroxylation is 2. The van der Waals surface area contributed by atoms with Crippen LogP contribution in [-0.4, -0.2) is 45.1 Å². The monoisotopic (exact) mass is 398 g/mol. The highest BCUT2D eigenvalue weighted by atomic mass is 19.1. The lowest BCUT2D eigenvalue weighted by Crippen LogP contribution is -2.48. The van der Waals surface area contributed by atoms with E-state index in [1.54, 1.807) is 12.3 Å². The predicted molar refractivity (Wildman–Crippen MR) is 107 cm³/mol. The van der Waals surface area contributed by atoms with Crippen LogP contribution in [0.25, 0.3) is 0 Å². The van der Waals surface area contributed by atoms with Gasteiger partial charge in [0, 0.05) is 43.7 Å². The number of fused-ring (bicyclic) bond motifs is 1. The molecule has 3 heterocycles. The molecule has 3 atom stereocenters. The number of carbonyl (C=O) groups is 2. The smallest absolute Gasteiger partial charge is 0.224 e. The maximum atomic E-state index is 13.9. The molecule has 154 valence electrons. The summed E-state index contributed by atoms with van der Waals surface area (Å²) in [6, 6.07) is 8.20. The third kappa shape index (κ3) is 4.18. The number of halogens is 1. The molecule has 0 radical (unpaired) electrons. The summed E-state index contributed by atoms with van der Waals surface area (Å²) in [6.07, 6.45) is 5.18. The molecule has 4 rings (SSSR count). The first-order valence-corrected chi connectivity index (χ1v) is 10.4. The molecule has 0 saturated carbocycles. The van der Waals surface area contributed by atoms with Crippen molar-refractivity contribution in [1.29, 1.82) is 0 Å².